The molecule has 3 rings (SSSR count). The fourth-order valence-electron chi connectivity index (χ4n) is 3.30. The van der Waals surface area contributed by atoms with Gasteiger partial charge in [0, 0.05) is 13.6 Å². The highest BCUT2D eigenvalue weighted by Gasteiger charge is 2.16. The van der Waals surface area contributed by atoms with Crippen molar-refractivity contribution in [1.29, 1.82) is 0 Å². The molecule has 1 aromatic carbocycles. The van der Waals surface area contributed by atoms with E-state index < -0.39 is 0 Å². The van der Waals surface area contributed by atoms with Gasteiger partial charge in [-0.05, 0) is 47.9 Å². The standard InChI is InChI=1S/C23H27N3OS/c1-3-9-18(19-10-5-4-6-11-19)15-16-24-21-13-7-14-22(25-21)26(2)23(27)20-12-8-17-28-20/h4-8,10-14,17-18H,3,9,15-16H2,1-2H3,(H,24,25). The van der Waals surface area contributed by atoms with Crippen LogP contribution in [-0.4, -0.2) is 24.5 Å². The number of hydrogen-bond acceptors (Lipinski definition) is 4. The van der Waals surface area contributed by atoms with E-state index in [2.05, 4.69) is 47.6 Å². The van der Waals surface area contributed by atoms with Gasteiger partial charge in [0.15, 0.2) is 0 Å². The second-order valence-electron chi connectivity index (χ2n) is 6.83. The Hall–Kier alpha value is -2.66. The summed E-state index contributed by atoms with van der Waals surface area (Å²) in [5.74, 6) is 1.96. The first-order chi connectivity index (χ1) is 13.7. The van der Waals surface area contributed by atoms with Gasteiger partial charge in [-0.3, -0.25) is 9.69 Å². The average molecular weight is 394 g/mol. The third-order valence-corrected chi connectivity index (χ3v) is 5.68. The van der Waals surface area contributed by atoms with Gasteiger partial charge in [0.25, 0.3) is 5.91 Å². The molecule has 0 saturated carbocycles. The van der Waals surface area contributed by atoms with Gasteiger partial charge in [-0.25, -0.2) is 4.98 Å². The van der Waals surface area contributed by atoms with Crippen molar-refractivity contribution in [2.75, 3.05) is 23.8 Å². The number of benzene rings is 1. The molecule has 1 amide bonds. The highest BCUT2D eigenvalue weighted by molar-refractivity contribution is 7.12. The molecule has 0 aliphatic heterocycles. The molecular formula is C23H27N3OS. The number of hydrogen-bond donors (Lipinski definition) is 1. The lowest BCUT2D eigenvalue weighted by molar-refractivity contribution is 0.0996. The molecule has 0 bridgehead atoms. The maximum absolute atomic E-state index is 12.5. The monoisotopic (exact) mass is 393 g/mol. The average Bonchev–Trinajstić information content (AvgIpc) is 3.28. The van der Waals surface area contributed by atoms with E-state index in [1.165, 1.54) is 29.7 Å². The van der Waals surface area contributed by atoms with Gasteiger partial charge in [-0.1, -0.05) is 55.8 Å². The Morgan fingerprint density at radius 1 is 1.07 bits per heavy atom. The topological polar surface area (TPSA) is 45.2 Å². The van der Waals surface area contributed by atoms with Crippen LogP contribution in [0.1, 0.15) is 47.3 Å². The van der Waals surface area contributed by atoms with Crippen LogP contribution in [0.5, 0.6) is 0 Å². The zero-order valence-electron chi connectivity index (χ0n) is 16.5. The number of rotatable bonds is 9. The van der Waals surface area contributed by atoms with E-state index in [-0.39, 0.29) is 5.91 Å². The van der Waals surface area contributed by atoms with Crippen molar-refractivity contribution in [3.8, 4) is 0 Å². The molecule has 0 aliphatic rings. The van der Waals surface area contributed by atoms with E-state index in [9.17, 15) is 4.79 Å². The number of nitrogens with zero attached hydrogens (tertiary/aromatic N) is 2. The molecule has 28 heavy (non-hydrogen) atoms. The van der Waals surface area contributed by atoms with Gasteiger partial charge >= 0.3 is 0 Å². The fourth-order valence-corrected chi connectivity index (χ4v) is 4.00. The smallest absolute Gasteiger partial charge is 0.269 e. The molecule has 1 N–H and O–H groups in total. The summed E-state index contributed by atoms with van der Waals surface area (Å²) in [6, 6.07) is 20.2. The van der Waals surface area contributed by atoms with E-state index in [1.54, 1.807) is 11.9 Å². The molecule has 0 spiro atoms. The molecule has 1 unspecified atom stereocenters. The molecule has 0 fully saturated rings. The SMILES string of the molecule is CCCC(CCNc1cccc(N(C)C(=O)c2cccs2)n1)c1ccccc1. The second kappa shape index (κ2) is 10.0. The molecule has 0 radical (unpaired) electrons. The Balaban J connectivity index is 1.60. The summed E-state index contributed by atoms with van der Waals surface area (Å²) in [6.45, 7) is 3.08. The maximum atomic E-state index is 12.5. The molecule has 0 saturated heterocycles. The predicted molar refractivity (Wildman–Crippen MR) is 118 cm³/mol. The normalized spacial score (nSPS) is 11.8. The molecule has 2 aromatic heterocycles. The van der Waals surface area contributed by atoms with E-state index in [1.807, 2.05) is 35.7 Å². The lowest BCUT2D eigenvalue weighted by atomic mass is 9.91. The minimum atomic E-state index is -0.0354. The van der Waals surface area contributed by atoms with Gasteiger partial charge < -0.3 is 5.32 Å². The zero-order chi connectivity index (χ0) is 19.8. The maximum Gasteiger partial charge on any atom is 0.269 e. The highest BCUT2D eigenvalue weighted by Crippen LogP contribution is 2.25. The summed E-state index contributed by atoms with van der Waals surface area (Å²) in [5.41, 5.74) is 1.40. The van der Waals surface area contributed by atoms with Crippen LogP contribution in [0.4, 0.5) is 11.6 Å². The minimum absolute atomic E-state index is 0.0354. The van der Waals surface area contributed by atoms with Gasteiger partial charge in [-0.15, -0.1) is 11.3 Å². The predicted octanol–water partition coefficient (Wildman–Crippen LogP) is 5.81. The number of carbonyl (C=O) groups excluding carboxylic acids is 1. The number of thiophene rings is 1. The molecule has 4 nitrogen and oxygen atoms in total. The van der Waals surface area contributed by atoms with Crippen LogP contribution in [0.25, 0.3) is 0 Å². The first-order valence-electron chi connectivity index (χ1n) is 9.76. The largest absolute Gasteiger partial charge is 0.370 e. The molecule has 2 heterocycles. The van der Waals surface area contributed by atoms with Crippen molar-refractivity contribution in [2.24, 2.45) is 0 Å². The van der Waals surface area contributed by atoms with Crippen molar-refractivity contribution in [3.05, 3.63) is 76.5 Å². The van der Waals surface area contributed by atoms with Crippen LogP contribution in [0, 0.1) is 0 Å². The van der Waals surface area contributed by atoms with E-state index >= 15 is 0 Å². The number of carbonyl (C=O) groups is 1. The Bertz CT molecular complexity index is 865. The van der Waals surface area contributed by atoms with E-state index in [0.717, 1.165) is 18.8 Å². The van der Waals surface area contributed by atoms with Crippen LogP contribution in [0.2, 0.25) is 0 Å². The van der Waals surface area contributed by atoms with Crippen molar-refractivity contribution in [2.45, 2.75) is 32.1 Å². The fraction of sp³-hybridized carbons (Fsp3) is 0.304. The number of pyridine rings is 1. The number of anilines is 2. The Morgan fingerprint density at radius 2 is 1.89 bits per heavy atom. The van der Waals surface area contributed by atoms with Gasteiger partial charge in [0.2, 0.25) is 0 Å². The Morgan fingerprint density at radius 3 is 2.61 bits per heavy atom. The van der Waals surface area contributed by atoms with Gasteiger partial charge in [0.1, 0.15) is 11.6 Å². The molecule has 0 aliphatic carbocycles. The van der Waals surface area contributed by atoms with Crippen LogP contribution >= 0.6 is 11.3 Å². The Labute approximate surface area is 171 Å². The van der Waals surface area contributed by atoms with Crippen LogP contribution in [-0.2, 0) is 0 Å². The summed E-state index contributed by atoms with van der Waals surface area (Å²) in [5, 5.41) is 5.33. The highest BCUT2D eigenvalue weighted by atomic mass is 32.1. The van der Waals surface area contributed by atoms with Crippen molar-refractivity contribution in [1.82, 2.24) is 4.98 Å². The quantitative estimate of drug-likeness (QED) is 0.499. The first kappa shape index (κ1) is 20.1. The molecule has 5 heteroatoms. The summed E-state index contributed by atoms with van der Waals surface area (Å²) in [4.78, 5) is 19.5. The van der Waals surface area contributed by atoms with Crippen LogP contribution < -0.4 is 10.2 Å². The zero-order valence-corrected chi connectivity index (χ0v) is 17.3. The summed E-state index contributed by atoms with van der Waals surface area (Å²) in [7, 11) is 1.76. The molecule has 1 atom stereocenters. The number of nitrogens with one attached hydrogen (secondary N) is 1. The van der Waals surface area contributed by atoms with Gasteiger partial charge in [-0.2, -0.15) is 0 Å². The molecular weight excluding hydrogens is 366 g/mol. The summed E-state index contributed by atoms with van der Waals surface area (Å²) < 4.78 is 0. The first-order valence-corrected chi connectivity index (χ1v) is 10.6. The molecule has 3 aromatic rings. The van der Waals surface area contributed by atoms with E-state index in [4.69, 9.17) is 0 Å². The summed E-state index contributed by atoms with van der Waals surface area (Å²) >= 11 is 1.44. The van der Waals surface area contributed by atoms with Crippen LogP contribution in [0.15, 0.2) is 66.0 Å². The van der Waals surface area contributed by atoms with E-state index in [0.29, 0.717) is 16.6 Å². The van der Waals surface area contributed by atoms with Crippen molar-refractivity contribution in [3.63, 3.8) is 0 Å². The van der Waals surface area contributed by atoms with Crippen molar-refractivity contribution < 1.29 is 4.79 Å². The third-order valence-electron chi connectivity index (χ3n) is 4.82. The number of amides is 1. The molecule has 146 valence electrons. The van der Waals surface area contributed by atoms with Gasteiger partial charge in [0.05, 0.1) is 4.88 Å². The van der Waals surface area contributed by atoms with Crippen LogP contribution in [0.3, 0.4) is 0 Å². The van der Waals surface area contributed by atoms with Crippen molar-refractivity contribution >= 4 is 28.9 Å². The Kier molecular flexibility index (Phi) is 7.20. The minimum Gasteiger partial charge on any atom is -0.370 e. The third kappa shape index (κ3) is 5.20. The lowest BCUT2D eigenvalue weighted by Crippen LogP contribution is -2.26. The second-order valence-corrected chi connectivity index (χ2v) is 7.78. The lowest BCUT2D eigenvalue weighted by Gasteiger charge is -2.18. The summed E-state index contributed by atoms with van der Waals surface area (Å²) in [6.07, 6.45) is 3.40. The number of aromatic nitrogens is 1.